The zero-order chi connectivity index (χ0) is 44.0. The first-order valence-electron chi connectivity index (χ1n) is 22.0. The van der Waals surface area contributed by atoms with E-state index in [1.165, 1.54) is 19.1 Å². The third-order valence-corrected chi connectivity index (χ3v) is 11.5. The van der Waals surface area contributed by atoms with E-state index in [1.54, 1.807) is 4.90 Å². The Morgan fingerprint density at radius 3 is 1.68 bits per heavy atom. The second-order valence-corrected chi connectivity index (χ2v) is 16.2. The summed E-state index contributed by atoms with van der Waals surface area (Å²) in [5.74, 6) is 0.221. The number of aromatic amines is 2. The fourth-order valence-electron chi connectivity index (χ4n) is 8.04. The molecule has 0 spiro atoms. The SMILES string of the molecule is CCCCCc1cc(=O)oc2nc(ON=C3CCC(CC(=O)OC4CCCC4)CC3)[nH]c(=O)c12.CCCCCc1cc(=O)oc2nc(ON=C3CCN(C(C)=O)CC3)[nH]c(=O)c12. The molecule has 7 rings (SSSR count). The van der Waals surface area contributed by atoms with Gasteiger partial charge in [0, 0.05) is 51.4 Å². The van der Waals surface area contributed by atoms with Crippen molar-refractivity contribution < 1.29 is 32.8 Å². The Morgan fingerprint density at radius 2 is 1.21 bits per heavy atom. The molecule has 2 saturated carbocycles. The average Bonchev–Trinajstić information content (AvgIpc) is 3.75. The smallest absolute Gasteiger partial charge is 0.337 e. The Bertz CT molecular complexity index is 2480. The first-order valence-corrected chi connectivity index (χ1v) is 22.0. The Hall–Kier alpha value is -5.94. The van der Waals surface area contributed by atoms with Crippen molar-refractivity contribution in [1.29, 1.82) is 0 Å². The van der Waals surface area contributed by atoms with Gasteiger partial charge in [-0.3, -0.25) is 29.1 Å². The molecule has 0 atom stereocenters. The van der Waals surface area contributed by atoms with Gasteiger partial charge in [0.05, 0.1) is 11.4 Å². The third-order valence-electron chi connectivity index (χ3n) is 11.5. The van der Waals surface area contributed by atoms with Gasteiger partial charge in [-0.2, -0.15) is 9.97 Å². The van der Waals surface area contributed by atoms with Crippen molar-refractivity contribution in [3.63, 3.8) is 0 Å². The predicted octanol–water partition coefficient (Wildman–Crippen LogP) is 6.40. The molecular weight excluding hydrogens is 803 g/mol. The maximum atomic E-state index is 12.7. The van der Waals surface area contributed by atoms with E-state index in [4.69, 9.17) is 23.2 Å². The van der Waals surface area contributed by atoms with Crippen LogP contribution < -0.4 is 32.0 Å². The Labute approximate surface area is 357 Å². The molecule has 3 fully saturated rings. The highest BCUT2D eigenvalue weighted by atomic mass is 16.6. The number of carbonyl (C=O) groups is 2. The van der Waals surface area contributed by atoms with Crippen LogP contribution in [0.5, 0.6) is 12.0 Å². The third kappa shape index (κ3) is 12.8. The molecule has 0 aromatic carbocycles. The summed E-state index contributed by atoms with van der Waals surface area (Å²) in [7, 11) is 0. The van der Waals surface area contributed by atoms with Crippen molar-refractivity contribution in [1.82, 2.24) is 24.8 Å². The predicted molar refractivity (Wildman–Crippen MR) is 231 cm³/mol. The molecule has 4 aromatic rings. The van der Waals surface area contributed by atoms with E-state index in [2.05, 4.69) is 44.1 Å². The lowest BCUT2D eigenvalue weighted by Crippen LogP contribution is -2.37. The lowest BCUT2D eigenvalue weighted by atomic mass is 9.86. The minimum Gasteiger partial charge on any atom is -0.462 e. The molecule has 18 heteroatoms. The van der Waals surface area contributed by atoms with Crippen molar-refractivity contribution in [3.05, 3.63) is 64.8 Å². The minimum atomic E-state index is -0.550. The highest BCUT2D eigenvalue weighted by molar-refractivity contribution is 5.87. The first kappa shape index (κ1) is 45.6. The number of ether oxygens (including phenoxy) is 1. The summed E-state index contributed by atoms with van der Waals surface area (Å²) in [6.45, 7) is 6.87. The number of fused-ring (bicyclic) bond motifs is 2. The molecule has 0 unspecified atom stereocenters. The van der Waals surface area contributed by atoms with Crippen LogP contribution in [-0.4, -0.2) is 67.3 Å². The number of rotatable bonds is 15. The van der Waals surface area contributed by atoms with Crippen molar-refractivity contribution in [2.75, 3.05) is 13.1 Å². The van der Waals surface area contributed by atoms with Gasteiger partial charge in [0.25, 0.3) is 11.1 Å². The number of carbonyl (C=O) groups excluding carboxylic acids is 2. The number of aromatic nitrogens is 4. The van der Waals surface area contributed by atoms with Gasteiger partial charge in [0.15, 0.2) is 0 Å². The number of piperidine rings is 1. The lowest BCUT2D eigenvalue weighted by molar-refractivity contribution is -0.150. The fourth-order valence-corrected chi connectivity index (χ4v) is 8.04. The van der Waals surface area contributed by atoms with E-state index >= 15 is 0 Å². The van der Waals surface area contributed by atoms with Crippen LogP contribution in [0.2, 0.25) is 0 Å². The summed E-state index contributed by atoms with van der Waals surface area (Å²) < 4.78 is 15.8. The lowest BCUT2D eigenvalue weighted by Gasteiger charge is -2.25. The van der Waals surface area contributed by atoms with Crippen molar-refractivity contribution in [2.24, 2.45) is 16.2 Å². The Kier molecular flexibility index (Phi) is 16.4. The number of unbranched alkanes of at least 4 members (excludes halogenated alkanes) is 4. The summed E-state index contributed by atoms with van der Waals surface area (Å²) >= 11 is 0. The van der Waals surface area contributed by atoms with Crippen molar-refractivity contribution in [3.8, 4) is 12.0 Å². The van der Waals surface area contributed by atoms with Gasteiger partial charge >= 0.3 is 29.2 Å². The second-order valence-electron chi connectivity index (χ2n) is 16.2. The number of nitrogens with zero attached hydrogens (tertiary/aromatic N) is 5. The fraction of sp³-hybridized carbons (Fsp3) is 0.591. The van der Waals surface area contributed by atoms with Crippen LogP contribution >= 0.6 is 0 Å². The summed E-state index contributed by atoms with van der Waals surface area (Å²) in [6.07, 6.45) is 16.1. The molecule has 4 aromatic heterocycles. The molecule has 2 N–H and O–H groups in total. The van der Waals surface area contributed by atoms with E-state index in [9.17, 15) is 28.8 Å². The van der Waals surface area contributed by atoms with E-state index in [0.717, 1.165) is 88.5 Å². The van der Waals surface area contributed by atoms with Gasteiger partial charge in [0.1, 0.15) is 16.9 Å². The normalized spacial score (nSPS) is 16.8. The molecule has 2 aliphatic carbocycles. The first-order chi connectivity index (χ1) is 30.0. The van der Waals surface area contributed by atoms with Crippen LogP contribution in [0.3, 0.4) is 0 Å². The highest BCUT2D eigenvalue weighted by Crippen LogP contribution is 2.28. The molecule has 1 aliphatic heterocycles. The standard InChI is InChI=1S/C25H33N3O6.C19H24N4O5/c1-2-3-4-7-17-15-21(30)33-24-22(17)23(31)26-25(27-24)34-28-18-12-10-16(11-13-18)14-20(29)32-19-8-5-6-9-19;1-3-4-5-6-13-11-15(25)27-18-16(13)17(26)20-19(21-18)28-22-14-7-9-23(10-8-14)12(2)24/h15-16,19H,2-14H2,1H3,(H,26,27,31);11H,3-10H2,1-2H3,(H,20,21,26). The molecule has 62 heavy (non-hydrogen) atoms. The largest absolute Gasteiger partial charge is 0.462 e. The number of amides is 1. The molecule has 334 valence electrons. The molecule has 1 saturated heterocycles. The number of esters is 1. The summed E-state index contributed by atoms with van der Waals surface area (Å²) in [5, 5.41) is 8.73. The van der Waals surface area contributed by atoms with Gasteiger partial charge in [-0.05, 0) is 94.1 Å². The zero-order valence-corrected chi connectivity index (χ0v) is 35.9. The van der Waals surface area contributed by atoms with E-state index < -0.39 is 22.4 Å². The molecule has 0 radical (unpaired) electrons. The number of aryl methyl sites for hydroxylation is 2. The molecule has 5 heterocycles. The van der Waals surface area contributed by atoms with Crippen LogP contribution in [0.4, 0.5) is 0 Å². The van der Waals surface area contributed by atoms with Gasteiger partial charge in [0.2, 0.25) is 17.3 Å². The number of hydrogen-bond acceptors (Lipinski definition) is 15. The van der Waals surface area contributed by atoms with E-state index in [1.807, 2.05) is 0 Å². The summed E-state index contributed by atoms with van der Waals surface area (Å²) in [6, 6.07) is 2.46. The topological polar surface area (TPSA) is 242 Å². The number of nitrogens with one attached hydrogen (secondary N) is 2. The second kappa shape index (κ2) is 22.2. The highest BCUT2D eigenvalue weighted by Gasteiger charge is 2.25. The van der Waals surface area contributed by atoms with Crippen molar-refractivity contribution >= 4 is 45.5 Å². The molecule has 3 aliphatic rings. The average molecular weight is 860 g/mol. The number of H-pyrrole nitrogens is 2. The molecular formula is C44H57N7O11. The quantitative estimate of drug-likeness (QED) is 0.0748. The molecule has 0 bridgehead atoms. The Balaban J connectivity index is 0.000000211. The van der Waals surface area contributed by atoms with Gasteiger partial charge in [-0.15, -0.1) is 0 Å². The monoisotopic (exact) mass is 859 g/mol. The molecule has 18 nitrogen and oxygen atoms in total. The van der Waals surface area contributed by atoms with Gasteiger partial charge in [-0.1, -0.05) is 49.8 Å². The van der Waals surface area contributed by atoms with Crippen molar-refractivity contribution in [2.45, 2.75) is 149 Å². The maximum Gasteiger partial charge on any atom is 0.337 e. The van der Waals surface area contributed by atoms with Gasteiger partial charge in [-0.25, -0.2) is 9.59 Å². The maximum absolute atomic E-state index is 12.7. The number of oxime groups is 2. The van der Waals surface area contributed by atoms with Crippen LogP contribution in [0.1, 0.15) is 141 Å². The van der Waals surface area contributed by atoms with Crippen LogP contribution in [0.25, 0.3) is 22.2 Å². The number of hydrogen-bond donors (Lipinski definition) is 2. The number of likely N-dealkylation sites (tertiary alicyclic amines) is 1. The van der Waals surface area contributed by atoms with E-state index in [0.29, 0.717) is 69.2 Å². The van der Waals surface area contributed by atoms with E-state index in [-0.39, 0.29) is 58.1 Å². The molecule has 1 amide bonds. The van der Waals surface area contributed by atoms with Crippen LogP contribution in [0.15, 0.2) is 50.5 Å². The van der Waals surface area contributed by atoms with Crippen LogP contribution in [0, 0.1) is 5.92 Å². The summed E-state index contributed by atoms with van der Waals surface area (Å²) in [4.78, 5) is 98.2. The minimum absolute atomic E-state index is 0.0327. The van der Waals surface area contributed by atoms with Crippen LogP contribution in [-0.2, 0) is 27.2 Å². The summed E-state index contributed by atoms with van der Waals surface area (Å²) in [5.41, 5.74) is 0.852. The van der Waals surface area contributed by atoms with Gasteiger partial charge < -0.3 is 28.1 Å². The Morgan fingerprint density at radius 1 is 0.726 bits per heavy atom. The zero-order valence-electron chi connectivity index (χ0n) is 35.9.